The average molecular weight is 518 g/mol. The number of halogens is 3. The fraction of sp³-hybridized carbons (Fsp3) is 0.0435. The SMILES string of the molecule is COc1c(Cl)cc(Cl)cc1C=CC(=O)Nc1ccc2oc(-c3ccc(Br)cc3)nc2c1. The second-order valence-electron chi connectivity index (χ2n) is 6.54. The van der Waals surface area contributed by atoms with Crippen LogP contribution in [0.25, 0.3) is 28.6 Å². The first kappa shape index (κ1) is 21.4. The topological polar surface area (TPSA) is 64.4 Å². The summed E-state index contributed by atoms with van der Waals surface area (Å²) in [6.07, 6.45) is 2.97. The van der Waals surface area contributed by atoms with Gasteiger partial charge in [0.25, 0.3) is 0 Å². The normalized spacial score (nSPS) is 11.2. The minimum absolute atomic E-state index is 0.325. The number of fused-ring (bicyclic) bond motifs is 1. The average Bonchev–Trinajstić information content (AvgIpc) is 3.16. The van der Waals surface area contributed by atoms with Gasteiger partial charge in [-0.25, -0.2) is 4.98 Å². The van der Waals surface area contributed by atoms with Crippen LogP contribution in [0.1, 0.15) is 5.56 Å². The highest BCUT2D eigenvalue weighted by molar-refractivity contribution is 9.10. The lowest BCUT2D eigenvalue weighted by atomic mass is 10.2. The number of benzene rings is 3. The Labute approximate surface area is 196 Å². The molecule has 0 aliphatic carbocycles. The summed E-state index contributed by atoms with van der Waals surface area (Å²) in [6, 6.07) is 16.2. The standard InChI is InChI=1S/C23H15BrCl2N2O3/c1-30-22-14(10-16(25)11-18(22)26)4-9-21(29)27-17-7-8-20-19(12-17)28-23(31-20)13-2-5-15(24)6-3-13/h2-12H,1H3,(H,27,29). The Kier molecular flexibility index (Phi) is 6.32. The largest absolute Gasteiger partial charge is 0.495 e. The first-order valence-electron chi connectivity index (χ1n) is 9.11. The smallest absolute Gasteiger partial charge is 0.248 e. The molecule has 5 nitrogen and oxygen atoms in total. The van der Waals surface area contributed by atoms with Crippen LogP contribution < -0.4 is 10.1 Å². The predicted molar refractivity (Wildman–Crippen MR) is 128 cm³/mol. The summed E-state index contributed by atoms with van der Waals surface area (Å²) in [7, 11) is 1.50. The maximum Gasteiger partial charge on any atom is 0.248 e. The highest BCUT2D eigenvalue weighted by Gasteiger charge is 2.11. The van der Waals surface area contributed by atoms with Crippen molar-refractivity contribution in [3.63, 3.8) is 0 Å². The van der Waals surface area contributed by atoms with Crippen molar-refractivity contribution < 1.29 is 13.9 Å². The van der Waals surface area contributed by atoms with Gasteiger partial charge >= 0.3 is 0 Å². The van der Waals surface area contributed by atoms with Crippen LogP contribution in [0.2, 0.25) is 10.0 Å². The minimum Gasteiger partial charge on any atom is -0.495 e. The molecule has 0 bridgehead atoms. The zero-order valence-electron chi connectivity index (χ0n) is 16.2. The molecule has 0 spiro atoms. The van der Waals surface area contributed by atoms with E-state index in [2.05, 4.69) is 26.2 Å². The lowest BCUT2D eigenvalue weighted by Crippen LogP contribution is -2.07. The van der Waals surface area contributed by atoms with Crippen molar-refractivity contribution in [3.05, 3.63) is 80.8 Å². The Morgan fingerprint density at radius 1 is 1.13 bits per heavy atom. The van der Waals surface area contributed by atoms with E-state index in [1.165, 1.54) is 13.2 Å². The first-order valence-corrected chi connectivity index (χ1v) is 10.7. The Morgan fingerprint density at radius 3 is 2.65 bits per heavy atom. The summed E-state index contributed by atoms with van der Waals surface area (Å²) < 4.78 is 12.1. The lowest BCUT2D eigenvalue weighted by Gasteiger charge is -2.08. The highest BCUT2D eigenvalue weighted by atomic mass is 79.9. The molecule has 1 aromatic heterocycles. The van der Waals surface area contributed by atoms with Gasteiger partial charge < -0.3 is 14.5 Å². The van der Waals surface area contributed by atoms with Crippen LogP contribution >= 0.6 is 39.1 Å². The van der Waals surface area contributed by atoms with Crippen molar-refractivity contribution in [2.45, 2.75) is 0 Å². The molecule has 156 valence electrons. The van der Waals surface area contributed by atoms with Gasteiger partial charge in [0, 0.05) is 32.4 Å². The van der Waals surface area contributed by atoms with Crippen molar-refractivity contribution in [1.82, 2.24) is 4.98 Å². The number of methoxy groups -OCH3 is 1. The molecule has 1 N–H and O–H groups in total. The van der Waals surface area contributed by atoms with Crippen molar-refractivity contribution in [2.24, 2.45) is 0 Å². The third-order valence-electron chi connectivity index (χ3n) is 4.40. The molecule has 1 amide bonds. The van der Waals surface area contributed by atoms with Gasteiger partial charge in [-0.1, -0.05) is 39.1 Å². The maximum atomic E-state index is 12.4. The van der Waals surface area contributed by atoms with Gasteiger partial charge in [0.2, 0.25) is 11.8 Å². The summed E-state index contributed by atoms with van der Waals surface area (Å²) in [5, 5.41) is 3.62. The van der Waals surface area contributed by atoms with E-state index in [0.29, 0.717) is 44.0 Å². The van der Waals surface area contributed by atoms with E-state index in [4.69, 9.17) is 32.4 Å². The molecule has 3 aromatic carbocycles. The molecule has 0 aliphatic heterocycles. The molecule has 0 radical (unpaired) electrons. The number of nitrogens with one attached hydrogen (secondary N) is 1. The number of carbonyl (C=O) groups is 1. The van der Waals surface area contributed by atoms with Crippen LogP contribution in [0.5, 0.6) is 5.75 Å². The van der Waals surface area contributed by atoms with Crippen LogP contribution in [0, 0.1) is 0 Å². The van der Waals surface area contributed by atoms with Crippen LogP contribution in [0.4, 0.5) is 5.69 Å². The van der Waals surface area contributed by atoms with Gasteiger partial charge in [-0.15, -0.1) is 0 Å². The Hall–Kier alpha value is -2.80. The number of ether oxygens (including phenoxy) is 1. The second kappa shape index (κ2) is 9.14. The molecule has 0 fully saturated rings. The van der Waals surface area contributed by atoms with E-state index in [1.54, 1.807) is 36.4 Å². The van der Waals surface area contributed by atoms with Crippen molar-refractivity contribution in [3.8, 4) is 17.2 Å². The summed E-state index contributed by atoms with van der Waals surface area (Å²) in [5.74, 6) is 0.629. The van der Waals surface area contributed by atoms with E-state index >= 15 is 0 Å². The molecule has 4 aromatic rings. The number of hydrogen-bond donors (Lipinski definition) is 1. The number of nitrogens with zero attached hydrogens (tertiary/aromatic N) is 1. The molecular weight excluding hydrogens is 503 g/mol. The Bertz CT molecular complexity index is 1300. The van der Waals surface area contributed by atoms with Crippen molar-refractivity contribution in [1.29, 1.82) is 0 Å². The van der Waals surface area contributed by atoms with E-state index in [-0.39, 0.29) is 5.91 Å². The predicted octanol–water partition coefficient (Wildman–Crippen LogP) is 7.22. The summed E-state index contributed by atoms with van der Waals surface area (Å²) >= 11 is 15.6. The number of oxazole rings is 1. The molecule has 1 heterocycles. The van der Waals surface area contributed by atoms with Crippen molar-refractivity contribution in [2.75, 3.05) is 12.4 Å². The van der Waals surface area contributed by atoms with Crippen molar-refractivity contribution >= 4 is 67.9 Å². The summed E-state index contributed by atoms with van der Waals surface area (Å²) in [6.45, 7) is 0. The van der Waals surface area contributed by atoms with Crippen LogP contribution in [-0.4, -0.2) is 18.0 Å². The zero-order valence-corrected chi connectivity index (χ0v) is 19.3. The molecule has 0 unspecified atom stereocenters. The molecule has 8 heteroatoms. The van der Waals surface area contributed by atoms with Gasteiger partial charge in [-0.3, -0.25) is 4.79 Å². The first-order chi connectivity index (χ1) is 14.9. The van der Waals surface area contributed by atoms with E-state index in [1.807, 2.05) is 24.3 Å². The number of aromatic nitrogens is 1. The van der Waals surface area contributed by atoms with Gasteiger partial charge in [0.15, 0.2) is 5.58 Å². The van der Waals surface area contributed by atoms with E-state index in [9.17, 15) is 4.79 Å². The molecule has 4 rings (SSSR count). The third kappa shape index (κ3) is 4.93. The fourth-order valence-electron chi connectivity index (χ4n) is 2.99. The third-order valence-corrected chi connectivity index (χ3v) is 5.43. The fourth-order valence-corrected chi connectivity index (χ4v) is 3.84. The van der Waals surface area contributed by atoms with E-state index in [0.717, 1.165) is 10.0 Å². The lowest BCUT2D eigenvalue weighted by molar-refractivity contribution is -0.111. The van der Waals surface area contributed by atoms with Gasteiger partial charge in [-0.2, -0.15) is 0 Å². The van der Waals surface area contributed by atoms with Gasteiger partial charge in [-0.05, 0) is 60.7 Å². The number of hydrogen-bond acceptors (Lipinski definition) is 4. The van der Waals surface area contributed by atoms with E-state index < -0.39 is 0 Å². The summed E-state index contributed by atoms with van der Waals surface area (Å²) in [5.41, 5.74) is 3.32. The maximum absolute atomic E-state index is 12.4. The Morgan fingerprint density at radius 2 is 1.90 bits per heavy atom. The minimum atomic E-state index is -0.325. The van der Waals surface area contributed by atoms with Gasteiger partial charge in [0.05, 0.1) is 12.1 Å². The summed E-state index contributed by atoms with van der Waals surface area (Å²) in [4.78, 5) is 16.9. The van der Waals surface area contributed by atoms with Crippen LogP contribution in [-0.2, 0) is 4.79 Å². The quantitative estimate of drug-likeness (QED) is 0.284. The molecule has 0 saturated carbocycles. The number of rotatable bonds is 5. The second-order valence-corrected chi connectivity index (χ2v) is 8.30. The molecule has 0 atom stereocenters. The van der Waals surface area contributed by atoms with Crippen LogP contribution in [0.3, 0.4) is 0 Å². The zero-order chi connectivity index (χ0) is 22.0. The number of anilines is 1. The Balaban J connectivity index is 1.53. The van der Waals surface area contributed by atoms with Crippen LogP contribution in [0.15, 0.2) is 69.6 Å². The number of carbonyl (C=O) groups excluding carboxylic acids is 1. The van der Waals surface area contributed by atoms with Gasteiger partial charge in [0.1, 0.15) is 11.3 Å². The molecule has 0 saturated heterocycles. The molecular formula is C23H15BrCl2N2O3. The monoisotopic (exact) mass is 516 g/mol. The number of amides is 1. The molecule has 31 heavy (non-hydrogen) atoms. The molecule has 0 aliphatic rings. The highest BCUT2D eigenvalue weighted by Crippen LogP contribution is 2.33.